The first-order valence-electron chi connectivity index (χ1n) is 32.2. The monoisotopic (exact) mass is 1340 g/mol. The van der Waals surface area contributed by atoms with E-state index in [2.05, 4.69) is 5.32 Å². The van der Waals surface area contributed by atoms with E-state index in [0.717, 1.165) is 25.0 Å². The van der Waals surface area contributed by atoms with Gasteiger partial charge in [0.05, 0.1) is 34.5 Å². The number of hydrogen-bond acceptors (Lipinski definition) is 20. The summed E-state index contributed by atoms with van der Waals surface area (Å²) < 4.78 is 49.1. The molecule has 1 aliphatic heterocycles. The molecule has 11 atom stereocenters. The van der Waals surface area contributed by atoms with E-state index in [4.69, 9.17) is 37.9 Å². The third kappa shape index (κ3) is 14.3. The number of aliphatic hydroxyl groups excluding tert-OH is 1. The Morgan fingerprint density at radius 3 is 1.98 bits per heavy atom. The number of nitro groups is 1. The lowest BCUT2D eigenvalue weighted by atomic mass is 9.44. The summed E-state index contributed by atoms with van der Waals surface area (Å²) in [5.41, 5.74) is -6.82. The summed E-state index contributed by atoms with van der Waals surface area (Å²) in [6.07, 6.45) is -12.5. The minimum absolute atomic E-state index is 0.0111. The molecular weight excluding hydrogens is 1260 g/mol. The number of ether oxygens (including phenoxy) is 8. The van der Waals surface area contributed by atoms with Gasteiger partial charge in [0.1, 0.15) is 42.3 Å². The molecule has 2 bridgehead atoms. The first-order chi connectivity index (χ1) is 46.5. The van der Waals surface area contributed by atoms with Crippen molar-refractivity contribution in [3.05, 3.63) is 207 Å². The van der Waals surface area contributed by atoms with Crippen molar-refractivity contribution in [2.24, 2.45) is 22.2 Å². The number of benzene rings is 6. The van der Waals surface area contributed by atoms with Gasteiger partial charge in [-0.3, -0.25) is 34.1 Å². The van der Waals surface area contributed by atoms with E-state index in [1.807, 2.05) is 42.5 Å². The van der Waals surface area contributed by atoms with Gasteiger partial charge < -0.3 is 58.3 Å². The van der Waals surface area contributed by atoms with Crippen molar-refractivity contribution in [3.63, 3.8) is 0 Å². The average Bonchev–Trinajstić information content (AvgIpc) is 0.669. The van der Waals surface area contributed by atoms with Crippen molar-refractivity contribution in [3.8, 4) is 22.6 Å². The number of nitro benzene ring substituents is 1. The molecule has 98 heavy (non-hydrogen) atoms. The van der Waals surface area contributed by atoms with Crippen molar-refractivity contribution in [2.45, 2.75) is 142 Å². The molecule has 10 rings (SSSR count). The van der Waals surface area contributed by atoms with Gasteiger partial charge in [0.2, 0.25) is 11.9 Å². The lowest BCUT2D eigenvalue weighted by Gasteiger charge is -2.67. The van der Waals surface area contributed by atoms with Crippen LogP contribution in [0.25, 0.3) is 11.1 Å². The first-order valence-corrected chi connectivity index (χ1v) is 32.2. The van der Waals surface area contributed by atoms with Gasteiger partial charge in [0.15, 0.2) is 17.5 Å². The highest BCUT2D eigenvalue weighted by molar-refractivity contribution is 5.96. The van der Waals surface area contributed by atoms with Crippen molar-refractivity contribution < 1.29 is 91.4 Å². The molecule has 1 saturated heterocycles. The normalized spacial score (nSPS) is 24.3. The maximum absolute atomic E-state index is 16.0. The number of carbonyl (C=O) groups excluding carboxylic acids is 8. The molecule has 3 fully saturated rings. The highest BCUT2D eigenvalue weighted by atomic mass is 16.6. The minimum Gasteiger partial charge on any atom is -0.461 e. The smallest absolute Gasteiger partial charge is 0.410 e. The average molecular weight is 1340 g/mol. The van der Waals surface area contributed by atoms with Crippen LogP contribution < -0.4 is 10.1 Å². The summed E-state index contributed by atoms with van der Waals surface area (Å²) in [5.74, 6) is -7.71. The van der Waals surface area contributed by atoms with E-state index in [1.54, 1.807) is 92.7 Å². The number of nitrogens with zero attached hydrogens (tertiary/aromatic N) is 2. The Morgan fingerprint density at radius 1 is 0.786 bits per heavy atom. The molecule has 2 amide bonds. The fourth-order valence-corrected chi connectivity index (χ4v) is 14.3. The summed E-state index contributed by atoms with van der Waals surface area (Å²) >= 11 is 0. The Labute approximate surface area is 566 Å². The fraction of sp³-hybridized carbons (Fsp3) is 0.387. The molecule has 0 spiro atoms. The molecule has 4 aliphatic rings. The minimum atomic E-state index is -2.54. The number of nitrogens with one attached hydrogen (secondary N) is 1. The van der Waals surface area contributed by atoms with Crippen molar-refractivity contribution in [1.29, 1.82) is 0 Å². The molecule has 6 aromatic carbocycles. The second kappa shape index (κ2) is 28.5. The van der Waals surface area contributed by atoms with Crippen LogP contribution in [-0.4, -0.2) is 136 Å². The Balaban J connectivity index is 0.942. The number of Topliss-reactive ketones (excluding diaryl/α,β-unsaturated/α-hetero) is 1. The Morgan fingerprint density at radius 2 is 1.39 bits per heavy atom. The Kier molecular flexibility index (Phi) is 20.6. The predicted molar refractivity (Wildman–Crippen MR) is 352 cm³/mol. The number of hydrogen-bond donors (Lipinski definition) is 3. The van der Waals surface area contributed by atoms with E-state index in [1.165, 1.54) is 82.1 Å². The molecule has 0 radical (unpaired) electrons. The zero-order valence-corrected chi connectivity index (χ0v) is 55.8. The molecule has 23 nitrogen and oxygen atoms in total. The maximum atomic E-state index is 16.0. The number of amides is 2. The highest BCUT2D eigenvalue weighted by Gasteiger charge is 2.78. The summed E-state index contributed by atoms with van der Waals surface area (Å²) in [5, 5.41) is 41.5. The second-order valence-electron chi connectivity index (χ2n) is 26.9. The molecule has 23 heteroatoms. The van der Waals surface area contributed by atoms with Gasteiger partial charge >= 0.3 is 41.6 Å². The van der Waals surface area contributed by atoms with Crippen LogP contribution >= 0.6 is 0 Å². The predicted octanol–water partition coefficient (Wildman–Crippen LogP) is 10.7. The van der Waals surface area contributed by atoms with Crippen LogP contribution in [0.1, 0.15) is 119 Å². The van der Waals surface area contributed by atoms with Crippen LogP contribution in [0.3, 0.4) is 0 Å². The molecule has 6 aromatic rings. The first kappa shape index (κ1) is 70.7. The Hall–Kier alpha value is -10.1. The zero-order chi connectivity index (χ0) is 70.6. The summed E-state index contributed by atoms with van der Waals surface area (Å²) in [4.78, 5) is 129. The molecule has 2 saturated carbocycles. The van der Waals surface area contributed by atoms with E-state index in [9.17, 15) is 49.1 Å². The number of rotatable bonds is 22. The van der Waals surface area contributed by atoms with Gasteiger partial charge in [0.25, 0.3) is 5.91 Å². The lowest BCUT2D eigenvalue weighted by Crippen LogP contribution is -2.82. The highest BCUT2D eigenvalue weighted by Crippen LogP contribution is 2.64. The lowest BCUT2D eigenvalue weighted by molar-refractivity contribution is -0.385. The molecule has 0 unspecified atom stereocenters. The molecule has 0 aromatic heterocycles. The standard InChI is InChI=1S/C75H79N3O20/c1-44-56(40-75(88)66(97-68(85)52-28-20-13-21-29-52)64-73(8,57(81)39-58-74(64,43-92-58)98-46(3)80)65(83)62(93-45(2)79)60(44)72(75,6)7)95-69(86)63(61(50-24-16-11-17-25-50)76-67(84)51-26-18-12-19-27-51)96-70(87)77(9)42-71(4,5)37-36-59(82)91-41-47-30-35-54(78(89)90)55(38-47)94-53-33-31-49(32-34-53)48-22-14-10-15-23-48/h10-35,38,56-58,61-64,66,81,88H,36-37,39-43H2,1-9H3,(H,76,84)/t56-,57-,58+,61-,62+,63+,64-,66-,73+,74-,75+/m0/s1. The van der Waals surface area contributed by atoms with Crippen molar-refractivity contribution in [2.75, 3.05) is 20.2 Å². The van der Waals surface area contributed by atoms with Crippen LogP contribution in [0.15, 0.2) is 175 Å². The van der Waals surface area contributed by atoms with Gasteiger partial charge in [-0.1, -0.05) is 137 Å². The third-order valence-corrected chi connectivity index (χ3v) is 19.5. The summed E-state index contributed by atoms with van der Waals surface area (Å²) in [6.45, 7) is 10.9. The number of carbonyl (C=O) groups is 8. The number of aliphatic hydroxyl groups is 2. The third-order valence-electron chi connectivity index (χ3n) is 19.5. The van der Waals surface area contributed by atoms with Crippen molar-refractivity contribution in [1.82, 2.24) is 10.2 Å². The number of ketones is 1. The van der Waals surface area contributed by atoms with Gasteiger partial charge in [-0.25, -0.2) is 14.4 Å². The van der Waals surface area contributed by atoms with Gasteiger partial charge in [-0.05, 0) is 108 Å². The zero-order valence-electron chi connectivity index (χ0n) is 55.8. The molecule has 1 heterocycles. The van der Waals surface area contributed by atoms with Crippen LogP contribution in [0.4, 0.5) is 10.5 Å². The Bertz CT molecular complexity index is 4030. The van der Waals surface area contributed by atoms with Crippen LogP contribution in [0, 0.1) is 32.3 Å². The summed E-state index contributed by atoms with van der Waals surface area (Å²) in [6, 6.07) is 43.2. The van der Waals surface area contributed by atoms with E-state index in [-0.39, 0.29) is 78.3 Å². The molecular formula is C75H79N3O20. The maximum Gasteiger partial charge on any atom is 0.410 e. The van der Waals surface area contributed by atoms with Crippen LogP contribution in [0.2, 0.25) is 0 Å². The summed E-state index contributed by atoms with van der Waals surface area (Å²) in [7, 11) is 1.40. The van der Waals surface area contributed by atoms with Crippen LogP contribution in [-0.2, 0) is 63.7 Å². The molecule has 3 N–H and O–H groups in total. The van der Waals surface area contributed by atoms with Gasteiger partial charge in [-0.15, -0.1) is 0 Å². The number of fused-ring (bicyclic) bond motifs is 5. The fourth-order valence-electron chi connectivity index (χ4n) is 14.3. The molecule has 3 aliphatic carbocycles. The van der Waals surface area contributed by atoms with Crippen molar-refractivity contribution >= 4 is 53.3 Å². The second-order valence-corrected chi connectivity index (χ2v) is 26.9. The van der Waals surface area contributed by atoms with Gasteiger partial charge in [0, 0.05) is 63.7 Å². The number of esters is 5. The van der Waals surface area contributed by atoms with Gasteiger partial charge in [-0.2, -0.15) is 0 Å². The topological polar surface area (TPSA) is 309 Å². The van der Waals surface area contributed by atoms with E-state index >= 15 is 9.59 Å². The van der Waals surface area contributed by atoms with E-state index < -0.39 is 135 Å². The van der Waals surface area contributed by atoms with E-state index in [0.29, 0.717) is 11.3 Å². The largest absolute Gasteiger partial charge is 0.461 e. The SMILES string of the molecule is CC(=O)O[C@H]1C(=O)[C@@]2(C)[C@H]([C@H](OC(=O)c3ccccc3)[C@]3(O)C[C@H](OC(=O)[C@H](OC(=O)N(C)CC(C)(C)CCC(=O)OCc4ccc([N+](=O)[O-])c(Oc5ccc(-c6ccccc6)cc5)c4)[C@@H](NC(=O)c4ccccc4)c4ccccc4)C(C)=C1C3(C)C)[C@]1(OC(C)=O)CO[C@@H]1C[C@@H]2O. The van der Waals surface area contributed by atoms with Crippen LogP contribution in [0.5, 0.6) is 11.5 Å². The molecule has 514 valence electrons. The quantitative estimate of drug-likeness (QED) is 0.0187.